The zero-order chi connectivity index (χ0) is 15.5. The third kappa shape index (κ3) is 2.88. The molecule has 4 nitrogen and oxygen atoms in total. The van der Waals surface area contributed by atoms with Crippen LogP contribution in [0.1, 0.15) is 24.1 Å². The van der Waals surface area contributed by atoms with Crippen molar-refractivity contribution in [2.24, 2.45) is 0 Å². The highest BCUT2D eigenvalue weighted by Gasteiger charge is 2.18. The van der Waals surface area contributed by atoms with Crippen molar-refractivity contribution in [3.05, 3.63) is 53.6 Å². The Labute approximate surface area is 127 Å². The van der Waals surface area contributed by atoms with Crippen LogP contribution in [0.2, 0.25) is 0 Å². The van der Waals surface area contributed by atoms with Crippen LogP contribution < -0.4 is 0 Å². The highest BCUT2D eigenvalue weighted by molar-refractivity contribution is 5.91. The number of nitrogens with zero attached hydrogens (tertiary/aromatic N) is 2. The second-order valence-corrected chi connectivity index (χ2v) is 5.12. The number of rotatable bonds is 2. The molecular weight excluding hydrogens is 283 g/mol. The molecular formula is C17H15FN2O2. The van der Waals surface area contributed by atoms with Crippen molar-refractivity contribution in [1.82, 2.24) is 9.97 Å². The van der Waals surface area contributed by atoms with Gasteiger partial charge in [-0.25, -0.2) is 19.2 Å². The molecule has 1 aliphatic rings. The first-order valence-electron chi connectivity index (χ1n) is 7.08. The van der Waals surface area contributed by atoms with E-state index in [1.165, 1.54) is 25.3 Å². The number of aryl methyl sites for hydroxylation is 1. The van der Waals surface area contributed by atoms with Crippen LogP contribution in [0, 0.1) is 5.82 Å². The SMILES string of the molecule is COC(=O)/C=C1\CCCc2cnc(-c3ccc(F)cc3)nc21. The lowest BCUT2D eigenvalue weighted by atomic mass is 9.92. The minimum atomic E-state index is -0.384. The van der Waals surface area contributed by atoms with Gasteiger partial charge in [-0.15, -0.1) is 0 Å². The summed E-state index contributed by atoms with van der Waals surface area (Å²) >= 11 is 0. The first-order valence-corrected chi connectivity index (χ1v) is 7.08. The Morgan fingerprint density at radius 1 is 1.27 bits per heavy atom. The highest BCUT2D eigenvalue weighted by atomic mass is 19.1. The Kier molecular flexibility index (Phi) is 3.96. The average molecular weight is 298 g/mol. The summed E-state index contributed by atoms with van der Waals surface area (Å²) in [5.41, 5.74) is 3.41. The normalized spacial score (nSPS) is 15.5. The molecule has 0 fully saturated rings. The van der Waals surface area contributed by atoms with E-state index >= 15 is 0 Å². The minimum absolute atomic E-state index is 0.298. The molecule has 5 heteroatoms. The molecule has 1 heterocycles. The standard InChI is InChI=1S/C17H15FN2O2/c1-22-15(21)9-12-3-2-4-13-10-19-17(20-16(12)13)11-5-7-14(18)8-6-11/h5-10H,2-4H2,1H3/b12-9+. The van der Waals surface area contributed by atoms with Gasteiger partial charge in [0.15, 0.2) is 5.82 Å². The molecule has 1 aliphatic carbocycles. The Bertz CT molecular complexity index is 739. The molecule has 0 spiro atoms. The number of allylic oxidation sites excluding steroid dienone is 1. The zero-order valence-corrected chi connectivity index (χ0v) is 12.2. The summed E-state index contributed by atoms with van der Waals surface area (Å²) in [6.07, 6.45) is 5.89. The summed E-state index contributed by atoms with van der Waals surface area (Å²) in [5, 5.41) is 0. The predicted octanol–water partition coefficient (Wildman–Crippen LogP) is 3.18. The van der Waals surface area contributed by atoms with Gasteiger partial charge in [-0.05, 0) is 54.7 Å². The molecule has 0 amide bonds. The summed E-state index contributed by atoms with van der Waals surface area (Å²) < 4.78 is 17.7. The molecule has 1 aromatic heterocycles. The predicted molar refractivity (Wildman–Crippen MR) is 80.4 cm³/mol. The molecule has 0 bridgehead atoms. The van der Waals surface area contributed by atoms with Crippen LogP contribution in [0.15, 0.2) is 36.5 Å². The van der Waals surface area contributed by atoms with Crippen molar-refractivity contribution < 1.29 is 13.9 Å². The number of ether oxygens (including phenoxy) is 1. The smallest absolute Gasteiger partial charge is 0.330 e. The van der Waals surface area contributed by atoms with Gasteiger partial charge in [-0.1, -0.05) is 0 Å². The van der Waals surface area contributed by atoms with Gasteiger partial charge >= 0.3 is 5.97 Å². The van der Waals surface area contributed by atoms with Crippen LogP contribution in [0.25, 0.3) is 17.0 Å². The number of hydrogen-bond acceptors (Lipinski definition) is 4. The summed E-state index contributed by atoms with van der Waals surface area (Å²) in [7, 11) is 1.35. The van der Waals surface area contributed by atoms with Crippen molar-refractivity contribution in [1.29, 1.82) is 0 Å². The Morgan fingerprint density at radius 3 is 2.77 bits per heavy atom. The van der Waals surface area contributed by atoms with Crippen LogP contribution in [-0.2, 0) is 16.0 Å². The van der Waals surface area contributed by atoms with E-state index < -0.39 is 0 Å². The largest absolute Gasteiger partial charge is 0.466 e. The van der Waals surface area contributed by atoms with Gasteiger partial charge in [0.25, 0.3) is 0 Å². The van der Waals surface area contributed by atoms with E-state index in [1.54, 1.807) is 18.3 Å². The van der Waals surface area contributed by atoms with E-state index in [2.05, 4.69) is 9.97 Å². The number of carbonyl (C=O) groups is 1. The van der Waals surface area contributed by atoms with Gasteiger partial charge in [0.2, 0.25) is 0 Å². The van der Waals surface area contributed by atoms with Crippen LogP contribution >= 0.6 is 0 Å². The van der Waals surface area contributed by atoms with Crippen molar-refractivity contribution in [3.8, 4) is 11.4 Å². The molecule has 22 heavy (non-hydrogen) atoms. The number of halogens is 1. The molecule has 3 rings (SSSR count). The molecule has 1 aromatic carbocycles. The number of benzene rings is 1. The third-order valence-corrected chi connectivity index (χ3v) is 3.66. The minimum Gasteiger partial charge on any atom is -0.466 e. The lowest BCUT2D eigenvalue weighted by Gasteiger charge is -2.18. The molecule has 0 aliphatic heterocycles. The number of esters is 1. The van der Waals surface area contributed by atoms with E-state index in [0.717, 1.165) is 41.7 Å². The summed E-state index contributed by atoms with van der Waals surface area (Å²) in [6.45, 7) is 0. The second-order valence-electron chi connectivity index (χ2n) is 5.12. The fourth-order valence-corrected chi connectivity index (χ4v) is 2.54. The van der Waals surface area contributed by atoms with Crippen LogP contribution in [0.4, 0.5) is 4.39 Å². The fourth-order valence-electron chi connectivity index (χ4n) is 2.54. The average Bonchev–Trinajstić information content (AvgIpc) is 2.55. The fraction of sp³-hybridized carbons (Fsp3) is 0.235. The lowest BCUT2D eigenvalue weighted by molar-refractivity contribution is -0.134. The van der Waals surface area contributed by atoms with Crippen molar-refractivity contribution in [2.75, 3.05) is 7.11 Å². The van der Waals surface area contributed by atoms with Crippen LogP contribution in [0.3, 0.4) is 0 Å². The Morgan fingerprint density at radius 2 is 2.05 bits per heavy atom. The summed E-state index contributed by atoms with van der Waals surface area (Å²) in [4.78, 5) is 20.4. The maximum absolute atomic E-state index is 13.0. The lowest BCUT2D eigenvalue weighted by Crippen LogP contribution is -2.09. The van der Waals surface area contributed by atoms with Gasteiger partial charge in [0, 0.05) is 17.8 Å². The van der Waals surface area contributed by atoms with Gasteiger partial charge in [0.05, 0.1) is 12.8 Å². The second kappa shape index (κ2) is 6.05. The van der Waals surface area contributed by atoms with E-state index in [9.17, 15) is 9.18 Å². The van der Waals surface area contributed by atoms with E-state index in [-0.39, 0.29) is 11.8 Å². The van der Waals surface area contributed by atoms with Gasteiger partial charge in [-0.2, -0.15) is 0 Å². The molecule has 0 unspecified atom stereocenters. The quantitative estimate of drug-likeness (QED) is 0.631. The summed E-state index contributed by atoms with van der Waals surface area (Å²) in [5.74, 6) is -0.158. The topological polar surface area (TPSA) is 52.1 Å². The van der Waals surface area contributed by atoms with Gasteiger partial charge in [-0.3, -0.25) is 0 Å². The van der Waals surface area contributed by atoms with Gasteiger partial charge < -0.3 is 4.74 Å². The number of fused-ring (bicyclic) bond motifs is 1. The van der Waals surface area contributed by atoms with E-state index in [0.29, 0.717) is 5.82 Å². The van der Waals surface area contributed by atoms with E-state index in [4.69, 9.17) is 4.74 Å². The first kappa shape index (κ1) is 14.4. The van der Waals surface area contributed by atoms with E-state index in [1.807, 2.05) is 0 Å². The molecule has 2 aromatic rings. The molecule has 0 atom stereocenters. The molecule has 0 saturated carbocycles. The van der Waals surface area contributed by atoms with Gasteiger partial charge in [0.1, 0.15) is 5.82 Å². The Balaban J connectivity index is 2.04. The summed E-state index contributed by atoms with van der Waals surface area (Å²) in [6, 6.07) is 6.04. The maximum Gasteiger partial charge on any atom is 0.330 e. The maximum atomic E-state index is 13.0. The molecule has 0 saturated heterocycles. The highest BCUT2D eigenvalue weighted by Crippen LogP contribution is 2.30. The van der Waals surface area contributed by atoms with Crippen molar-refractivity contribution >= 4 is 11.5 Å². The number of hydrogen-bond donors (Lipinski definition) is 0. The molecule has 112 valence electrons. The number of aromatic nitrogens is 2. The monoisotopic (exact) mass is 298 g/mol. The number of carbonyl (C=O) groups excluding carboxylic acids is 1. The number of methoxy groups -OCH3 is 1. The molecule has 0 radical (unpaired) electrons. The molecule has 0 N–H and O–H groups in total. The van der Waals surface area contributed by atoms with Crippen molar-refractivity contribution in [2.45, 2.75) is 19.3 Å². The van der Waals surface area contributed by atoms with Crippen LogP contribution in [-0.4, -0.2) is 23.0 Å². The van der Waals surface area contributed by atoms with Crippen LogP contribution in [0.5, 0.6) is 0 Å². The zero-order valence-electron chi connectivity index (χ0n) is 12.2. The Hall–Kier alpha value is -2.56. The third-order valence-electron chi connectivity index (χ3n) is 3.66. The first-order chi connectivity index (χ1) is 10.7. The van der Waals surface area contributed by atoms with Crippen molar-refractivity contribution in [3.63, 3.8) is 0 Å².